The van der Waals surface area contributed by atoms with E-state index in [0.717, 1.165) is 76.6 Å². The minimum Gasteiger partial charge on any atom is -0.462 e. The number of benzene rings is 1. The zero-order valence-corrected chi connectivity index (χ0v) is 23.7. The van der Waals surface area contributed by atoms with Crippen molar-refractivity contribution in [3.63, 3.8) is 0 Å². The van der Waals surface area contributed by atoms with E-state index >= 15 is 0 Å². The van der Waals surface area contributed by atoms with Crippen molar-refractivity contribution in [1.29, 1.82) is 5.26 Å². The monoisotopic (exact) mass is 557 g/mol. The molecule has 0 radical (unpaired) electrons. The Balaban J connectivity index is 1.25. The van der Waals surface area contributed by atoms with Gasteiger partial charge in [0.25, 0.3) is 0 Å². The maximum atomic E-state index is 12.5. The van der Waals surface area contributed by atoms with E-state index < -0.39 is 0 Å². The molecular formula is C31H39N7O3. The SMILES string of the molecule is C=CC(=O)N1CCN(c2nc(OCCN3CCOCC3)nc3c2CCC(N2CCc4ccccc42)C3)C[C@@H]1CC#N. The average Bonchev–Trinajstić information content (AvgIpc) is 3.45. The van der Waals surface area contributed by atoms with E-state index in [-0.39, 0.29) is 18.4 Å². The second kappa shape index (κ2) is 12.5. The Kier molecular flexibility index (Phi) is 8.35. The van der Waals surface area contributed by atoms with Gasteiger partial charge in [-0.2, -0.15) is 15.2 Å². The lowest BCUT2D eigenvalue weighted by Gasteiger charge is -2.42. The summed E-state index contributed by atoms with van der Waals surface area (Å²) in [4.78, 5) is 31.3. The van der Waals surface area contributed by atoms with Gasteiger partial charge < -0.3 is 24.2 Å². The standard InChI is InChI=1S/C31H39N7O3/c1-2-29(39)38-14-13-36(22-25(38)9-11-32)30-26-8-7-24(37-12-10-23-5-3-4-6-28(23)37)21-27(26)33-31(34-30)41-20-17-35-15-18-40-19-16-35/h2-6,24-25H,1,7-10,12-22H2/t24?,25-/m0/s1. The number of hydrogen-bond donors (Lipinski definition) is 0. The first kappa shape index (κ1) is 27.5. The van der Waals surface area contributed by atoms with Crippen molar-refractivity contribution in [1.82, 2.24) is 19.8 Å². The van der Waals surface area contributed by atoms with Gasteiger partial charge in [-0.1, -0.05) is 24.8 Å². The molecule has 1 unspecified atom stereocenters. The maximum absolute atomic E-state index is 12.5. The number of anilines is 2. The first-order valence-electron chi connectivity index (χ1n) is 14.9. The van der Waals surface area contributed by atoms with E-state index in [1.54, 1.807) is 4.90 Å². The topological polar surface area (TPSA) is 98.1 Å². The molecule has 0 spiro atoms. The lowest BCUT2D eigenvalue weighted by Crippen LogP contribution is -2.55. The molecule has 4 heterocycles. The first-order chi connectivity index (χ1) is 20.1. The number of carbonyl (C=O) groups is 1. The van der Waals surface area contributed by atoms with Crippen LogP contribution in [0.2, 0.25) is 0 Å². The smallest absolute Gasteiger partial charge is 0.318 e. The Hall–Kier alpha value is -3.68. The minimum absolute atomic E-state index is 0.129. The minimum atomic E-state index is -0.215. The molecule has 10 nitrogen and oxygen atoms in total. The molecule has 216 valence electrons. The van der Waals surface area contributed by atoms with Crippen LogP contribution in [-0.4, -0.2) is 103 Å². The van der Waals surface area contributed by atoms with Crippen LogP contribution < -0.4 is 14.5 Å². The van der Waals surface area contributed by atoms with Crippen molar-refractivity contribution >= 4 is 17.4 Å². The van der Waals surface area contributed by atoms with E-state index in [4.69, 9.17) is 19.4 Å². The van der Waals surface area contributed by atoms with E-state index in [0.29, 0.717) is 38.3 Å². The van der Waals surface area contributed by atoms with Crippen LogP contribution >= 0.6 is 0 Å². The van der Waals surface area contributed by atoms with Crippen molar-refractivity contribution in [3.05, 3.63) is 53.7 Å². The van der Waals surface area contributed by atoms with Crippen LogP contribution in [0, 0.1) is 11.3 Å². The number of rotatable bonds is 8. The van der Waals surface area contributed by atoms with Crippen LogP contribution in [0.3, 0.4) is 0 Å². The van der Waals surface area contributed by atoms with Gasteiger partial charge in [0, 0.05) is 69.5 Å². The van der Waals surface area contributed by atoms with Gasteiger partial charge in [-0.3, -0.25) is 9.69 Å². The van der Waals surface area contributed by atoms with E-state index in [1.807, 2.05) is 0 Å². The lowest BCUT2D eigenvalue weighted by atomic mass is 9.90. The number of aromatic nitrogens is 2. The van der Waals surface area contributed by atoms with Crippen LogP contribution in [-0.2, 0) is 28.8 Å². The van der Waals surface area contributed by atoms with Crippen molar-refractivity contribution in [2.24, 2.45) is 0 Å². The zero-order valence-electron chi connectivity index (χ0n) is 23.7. The molecule has 4 aliphatic rings. The lowest BCUT2D eigenvalue weighted by molar-refractivity contribution is -0.128. The zero-order chi connectivity index (χ0) is 28.2. The Morgan fingerprint density at radius 2 is 2.00 bits per heavy atom. The highest BCUT2D eigenvalue weighted by Crippen LogP contribution is 2.37. The number of nitrogens with zero attached hydrogens (tertiary/aromatic N) is 7. The van der Waals surface area contributed by atoms with E-state index in [1.165, 1.54) is 22.9 Å². The molecule has 1 aromatic heterocycles. The average molecular weight is 558 g/mol. The summed E-state index contributed by atoms with van der Waals surface area (Å²) in [5, 5.41) is 9.50. The third-order valence-corrected chi connectivity index (χ3v) is 8.88. The molecule has 2 atom stereocenters. The number of nitriles is 1. The molecule has 3 aliphatic heterocycles. The first-order valence-corrected chi connectivity index (χ1v) is 14.9. The van der Waals surface area contributed by atoms with Gasteiger partial charge in [-0.25, -0.2) is 0 Å². The number of piperazine rings is 1. The molecule has 2 fully saturated rings. The van der Waals surface area contributed by atoms with Crippen LogP contribution in [0.25, 0.3) is 0 Å². The fourth-order valence-electron chi connectivity index (χ4n) is 6.72. The van der Waals surface area contributed by atoms with Gasteiger partial charge in [-0.05, 0) is 37.0 Å². The van der Waals surface area contributed by atoms with Crippen LogP contribution in [0.15, 0.2) is 36.9 Å². The molecule has 1 aliphatic carbocycles. The summed E-state index contributed by atoms with van der Waals surface area (Å²) in [6.45, 7) is 11.0. The number of para-hydroxylation sites is 1. The Bertz CT molecular complexity index is 1310. The number of hydrogen-bond acceptors (Lipinski definition) is 9. The normalized spacial score (nSPS) is 22.6. The summed E-state index contributed by atoms with van der Waals surface area (Å²) in [6, 6.07) is 11.6. The Morgan fingerprint density at radius 3 is 2.83 bits per heavy atom. The summed E-state index contributed by atoms with van der Waals surface area (Å²) in [7, 11) is 0. The molecule has 0 N–H and O–H groups in total. The highest BCUT2D eigenvalue weighted by molar-refractivity contribution is 5.87. The van der Waals surface area contributed by atoms with Gasteiger partial charge >= 0.3 is 6.01 Å². The van der Waals surface area contributed by atoms with Gasteiger partial charge in [0.1, 0.15) is 12.4 Å². The summed E-state index contributed by atoms with van der Waals surface area (Å²) < 4.78 is 11.7. The maximum Gasteiger partial charge on any atom is 0.318 e. The van der Waals surface area contributed by atoms with Crippen LogP contribution in [0.5, 0.6) is 6.01 Å². The summed E-state index contributed by atoms with van der Waals surface area (Å²) in [5.74, 6) is 0.765. The fraction of sp³-hybridized carbons (Fsp3) is 0.548. The summed E-state index contributed by atoms with van der Waals surface area (Å²) in [5.41, 5.74) is 5.00. The van der Waals surface area contributed by atoms with Gasteiger partial charge in [0.2, 0.25) is 5.91 Å². The van der Waals surface area contributed by atoms with Gasteiger partial charge in [0.05, 0.1) is 37.4 Å². The summed E-state index contributed by atoms with van der Waals surface area (Å²) in [6.07, 6.45) is 5.45. The molecule has 1 aromatic carbocycles. The third kappa shape index (κ3) is 5.88. The van der Waals surface area contributed by atoms with Crippen molar-refractivity contribution in [2.75, 3.05) is 75.4 Å². The number of amides is 1. The fourth-order valence-corrected chi connectivity index (χ4v) is 6.72. The Morgan fingerprint density at radius 1 is 1.15 bits per heavy atom. The number of carbonyl (C=O) groups excluding carboxylic acids is 1. The van der Waals surface area contributed by atoms with Crippen molar-refractivity contribution in [2.45, 2.75) is 44.2 Å². The molecule has 10 heteroatoms. The molecule has 6 rings (SSSR count). The molecule has 2 saturated heterocycles. The summed E-state index contributed by atoms with van der Waals surface area (Å²) >= 11 is 0. The number of ether oxygens (including phenoxy) is 2. The molecule has 2 aromatic rings. The highest BCUT2D eigenvalue weighted by atomic mass is 16.5. The molecule has 1 amide bonds. The van der Waals surface area contributed by atoms with Crippen LogP contribution in [0.1, 0.15) is 29.7 Å². The van der Waals surface area contributed by atoms with Crippen LogP contribution in [0.4, 0.5) is 11.5 Å². The number of fused-ring (bicyclic) bond motifs is 2. The Labute approximate surface area is 242 Å². The quantitative estimate of drug-likeness (QED) is 0.453. The number of morpholine rings is 1. The highest BCUT2D eigenvalue weighted by Gasteiger charge is 2.35. The van der Waals surface area contributed by atoms with Gasteiger partial charge in [0.15, 0.2) is 0 Å². The van der Waals surface area contributed by atoms with Crippen molar-refractivity contribution in [3.8, 4) is 12.1 Å². The third-order valence-electron chi connectivity index (χ3n) is 8.88. The largest absolute Gasteiger partial charge is 0.462 e. The molecule has 0 saturated carbocycles. The van der Waals surface area contributed by atoms with Crippen molar-refractivity contribution < 1.29 is 14.3 Å². The molecule has 41 heavy (non-hydrogen) atoms. The molecular weight excluding hydrogens is 518 g/mol. The van der Waals surface area contributed by atoms with E-state index in [2.05, 4.69) is 51.6 Å². The van der Waals surface area contributed by atoms with E-state index in [9.17, 15) is 10.1 Å². The second-order valence-corrected chi connectivity index (χ2v) is 11.2. The molecule has 0 bridgehead atoms. The second-order valence-electron chi connectivity index (χ2n) is 11.2. The predicted octanol–water partition coefficient (Wildman–Crippen LogP) is 2.22. The predicted molar refractivity (Wildman–Crippen MR) is 156 cm³/mol. The van der Waals surface area contributed by atoms with Gasteiger partial charge in [-0.15, -0.1) is 0 Å².